The van der Waals surface area contributed by atoms with Gasteiger partial charge < -0.3 is 0 Å². The molecule has 2 aromatic heterocycles. The Bertz CT molecular complexity index is 591. The predicted molar refractivity (Wildman–Crippen MR) is 87.7 cm³/mol. The second-order valence-electron chi connectivity index (χ2n) is 4.72. The predicted octanol–water partition coefficient (Wildman–Crippen LogP) is 3.36. The van der Waals surface area contributed by atoms with Gasteiger partial charge in [-0.1, -0.05) is 0 Å². The number of hydrogen-bond donors (Lipinski definition) is 0. The van der Waals surface area contributed by atoms with Crippen molar-refractivity contribution in [3.63, 3.8) is 0 Å². The molecule has 0 saturated carbocycles. The first-order valence-electron chi connectivity index (χ1n) is 6.46. The molecule has 2 unspecified atom stereocenters. The molecule has 0 radical (unpaired) electrons. The Morgan fingerprint density at radius 1 is 0.650 bits per heavy atom. The summed E-state index contributed by atoms with van der Waals surface area (Å²) in [4.78, 5) is 13.4. The van der Waals surface area contributed by atoms with Gasteiger partial charge in [-0.25, -0.2) is 0 Å². The van der Waals surface area contributed by atoms with Gasteiger partial charge in [-0.05, 0) is 0 Å². The van der Waals surface area contributed by atoms with Crippen molar-refractivity contribution in [1.82, 2.24) is 9.97 Å². The topological polar surface area (TPSA) is 25.8 Å². The fourth-order valence-electron chi connectivity index (χ4n) is 2.29. The van der Waals surface area contributed by atoms with Gasteiger partial charge in [0.05, 0.1) is 0 Å². The Morgan fingerprint density at radius 3 is 1.35 bits per heavy atom. The van der Waals surface area contributed by atoms with Crippen LogP contribution in [0.25, 0.3) is 8.72 Å². The van der Waals surface area contributed by atoms with Crippen LogP contribution in [0, 0.1) is 0 Å². The molecule has 2 atom stereocenters. The minimum absolute atomic E-state index is 1.09. The van der Waals surface area contributed by atoms with Gasteiger partial charge in [0.25, 0.3) is 0 Å². The van der Waals surface area contributed by atoms with Crippen molar-refractivity contribution < 1.29 is 0 Å². The van der Waals surface area contributed by atoms with Gasteiger partial charge >= 0.3 is 129 Å². The monoisotopic (exact) mass is 386 g/mol. The Labute approximate surface area is 129 Å². The normalized spacial score (nSPS) is 22.1. The zero-order valence-electron chi connectivity index (χ0n) is 11.6. The summed E-state index contributed by atoms with van der Waals surface area (Å²) in [5, 5.41) is 0. The molecule has 0 N–H and O–H groups in total. The van der Waals surface area contributed by atoms with E-state index in [0.717, 1.165) is 0 Å². The van der Waals surface area contributed by atoms with E-state index in [9.17, 15) is 0 Å². The van der Waals surface area contributed by atoms with Crippen LogP contribution in [0.15, 0.2) is 58.8 Å². The van der Waals surface area contributed by atoms with Crippen molar-refractivity contribution >= 4 is 38.0 Å². The van der Waals surface area contributed by atoms with E-state index in [1.54, 1.807) is 8.72 Å². The summed E-state index contributed by atoms with van der Waals surface area (Å²) in [6.07, 6.45) is 7.59. The van der Waals surface area contributed by atoms with Crippen LogP contribution < -0.4 is 0 Å². The fraction of sp³-hybridized carbons (Fsp3) is 0.125. The fourth-order valence-corrected chi connectivity index (χ4v) is 15.9. The summed E-state index contributed by atoms with van der Waals surface area (Å²) < 4.78 is 3.19. The molecule has 1 aliphatic heterocycles. The van der Waals surface area contributed by atoms with Crippen LogP contribution in [-0.4, -0.2) is 39.3 Å². The Balaban J connectivity index is 1.95. The van der Waals surface area contributed by atoms with Crippen LogP contribution in [0.4, 0.5) is 0 Å². The zero-order valence-corrected chi connectivity index (χ0v) is 15.3. The van der Waals surface area contributed by atoms with E-state index in [4.69, 9.17) is 0 Å². The van der Waals surface area contributed by atoms with E-state index in [2.05, 4.69) is 55.4 Å². The standard InChI is InChI=1S/C16H16As2N2/c1-17-11-16(14-5-9-20-10-6-14)18(2)12-15(17)13-3-7-19-8-4-13/h3-12H,1-2H3. The minimum atomic E-state index is -1.09. The molecular formula is C16H16As2N2. The van der Waals surface area contributed by atoms with Gasteiger partial charge in [0, 0.05) is 0 Å². The van der Waals surface area contributed by atoms with Gasteiger partial charge in [-0.3, -0.25) is 0 Å². The molecule has 0 amide bonds. The first kappa shape index (κ1) is 13.9. The average molecular weight is 386 g/mol. The van der Waals surface area contributed by atoms with E-state index in [0.29, 0.717) is 0 Å². The van der Waals surface area contributed by atoms with Crippen molar-refractivity contribution in [2.24, 2.45) is 0 Å². The molecule has 100 valence electrons. The Hall–Kier alpha value is -1.10. The summed E-state index contributed by atoms with van der Waals surface area (Å²) in [7, 11) is 0. The molecule has 0 aromatic carbocycles. The summed E-state index contributed by atoms with van der Waals surface area (Å²) in [6, 6.07) is 8.57. The molecule has 2 aromatic rings. The van der Waals surface area contributed by atoms with Crippen LogP contribution in [0.1, 0.15) is 11.1 Å². The van der Waals surface area contributed by atoms with E-state index in [1.165, 1.54) is 11.1 Å². The molecule has 3 heterocycles. The first-order valence-corrected chi connectivity index (χ1v) is 14.3. The SMILES string of the molecule is C[As]1C=C(c2ccncc2)[As](C)C=C1c1ccncc1. The van der Waals surface area contributed by atoms with E-state index >= 15 is 0 Å². The van der Waals surface area contributed by atoms with E-state index in [1.807, 2.05) is 24.8 Å². The first-order chi connectivity index (χ1) is 9.75. The van der Waals surface area contributed by atoms with Gasteiger partial charge in [-0.15, -0.1) is 0 Å². The second kappa shape index (κ2) is 6.12. The van der Waals surface area contributed by atoms with Gasteiger partial charge in [0.15, 0.2) is 0 Å². The number of pyridine rings is 2. The third-order valence-corrected chi connectivity index (χ3v) is 12.8. The average Bonchev–Trinajstić information content (AvgIpc) is 2.51. The number of hydrogen-bond acceptors (Lipinski definition) is 2. The van der Waals surface area contributed by atoms with Gasteiger partial charge in [-0.2, -0.15) is 0 Å². The molecule has 1 aliphatic rings. The van der Waals surface area contributed by atoms with Crippen molar-refractivity contribution in [2.75, 3.05) is 0 Å². The number of rotatable bonds is 2. The Kier molecular flexibility index (Phi) is 4.24. The molecule has 20 heavy (non-hydrogen) atoms. The zero-order chi connectivity index (χ0) is 13.9. The van der Waals surface area contributed by atoms with Crippen molar-refractivity contribution in [3.8, 4) is 0 Å². The molecule has 0 saturated heterocycles. The summed E-state index contributed by atoms with van der Waals surface area (Å²) in [6.45, 7) is 0. The van der Waals surface area contributed by atoms with Gasteiger partial charge in [0.1, 0.15) is 0 Å². The summed E-state index contributed by atoms with van der Waals surface area (Å²) in [5.74, 6) is 0. The quantitative estimate of drug-likeness (QED) is 0.740. The third-order valence-electron chi connectivity index (χ3n) is 3.34. The van der Waals surface area contributed by atoms with Crippen molar-refractivity contribution in [3.05, 3.63) is 69.9 Å². The van der Waals surface area contributed by atoms with Crippen LogP contribution in [0.2, 0.25) is 11.4 Å². The maximum absolute atomic E-state index is 4.13. The van der Waals surface area contributed by atoms with Crippen LogP contribution in [0.5, 0.6) is 0 Å². The molecule has 0 fully saturated rings. The van der Waals surface area contributed by atoms with Crippen LogP contribution >= 0.6 is 0 Å². The van der Waals surface area contributed by atoms with Crippen molar-refractivity contribution in [1.29, 1.82) is 0 Å². The van der Waals surface area contributed by atoms with Gasteiger partial charge in [0.2, 0.25) is 0 Å². The molecule has 0 spiro atoms. The molecule has 3 rings (SSSR count). The molecular weight excluding hydrogens is 370 g/mol. The summed E-state index contributed by atoms with van der Waals surface area (Å²) >= 11 is -2.18. The third kappa shape index (κ3) is 2.82. The number of aromatic nitrogens is 2. The maximum atomic E-state index is 4.13. The molecule has 0 bridgehead atoms. The Morgan fingerprint density at radius 2 is 1.00 bits per heavy atom. The number of nitrogens with zero attached hydrogens (tertiary/aromatic N) is 2. The second-order valence-corrected chi connectivity index (χ2v) is 13.0. The van der Waals surface area contributed by atoms with Crippen molar-refractivity contribution in [2.45, 2.75) is 11.4 Å². The summed E-state index contributed by atoms with van der Waals surface area (Å²) in [5.41, 5.74) is 7.58. The molecule has 4 heteroatoms. The van der Waals surface area contributed by atoms with E-state index in [-0.39, 0.29) is 0 Å². The van der Waals surface area contributed by atoms with E-state index < -0.39 is 29.3 Å². The van der Waals surface area contributed by atoms with Crippen LogP contribution in [0.3, 0.4) is 0 Å². The van der Waals surface area contributed by atoms with Crippen LogP contribution in [-0.2, 0) is 0 Å². The molecule has 2 nitrogen and oxygen atoms in total. The molecule has 0 aliphatic carbocycles.